The average molecular weight is 249 g/mol. The van der Waals surface area contributed by atoms with E-state index in [2.05, 4.69) is 25.3 Å². The minimum absolute atomic E-state index is 0.728. The van der Waals surface area contributed by atoms with Gasteiger partial charge in [-0.05, 0) is 19.6 Å². The van der Waals surface area contributed by atoms with E-state index in [1.165, 1.54) is 0 Å². The smallest absolute Gasteiger partial charge is 0.336 e. The molecule has 4 nitrogen and oxygen atoms in total. The van der Waals surface area contributed by atoms with E-state index in [0.717, 1.165) is 38.9 Å². The molecule has 0 aromatic heterocycles. The predicted molar refractivity (Wildman–Crippen MR) is 69.1 cm³/mol. The Morgan fingerprint density at radius 2 is 1.56 bits per heavy atom. The van der Waals surface area contributed by atoms with Gasteiger partial charge in [0.05, 0.1) is 6.61 Å². The highest BCUT2D eigenvalue weighted by molar-refractivity contribution is 6.65. The van der Waals surface area contributed by atoms with Gasteiger partial charge in [0.2, 0.25) is 0 Å². The molecule has 98 valence electrons. The number of hydrogen-bond acceptors (Lipinski definition) is 4. The van der Waals surface area contributed by atoms with Crippen molar-refractivity contribution in [1.82, 2.24) is 4.90 Å². The molecule has 5 heteroatoms. The molecule has 0 heterocycles. The number of hydrogen-bond donors (Lipinski definition) is 0. The molecule has 0 spiro atoms. The van der Waals surface area contributed by atoms with Gasteiger partial charge in [-0.2, -0.15) is 0 Å². The first-order valence-corrected chi connectivity index (χ1v) is 8.54. The summed E-state index contributed by atoms with van der Waals surface area (Å²) in [6.07, 6.45) is 0. The summed E-state index contributed by atoms with van der Waals surface area (Å²) < 4.78 is 16.4. The summed E-state index contributed by atoms with van der Waals surface area (Å²) >= 11 is 0. The highest BCUT2D eigenvalue weighted by Crippen LogP contribution is 2.10. The van der Waals surface area contributed by atoms with Gasteiger partial charge in [0, 0.05) is 33.4 Å². The molecule has 0 N–H and O–H groups in total. The minimum Gasteiger partial charge on any atom is -0.398 e. The highest BCUT2D eigenvalue weighted by Gasteiger charge is 2.27. The van der Waals surface area contributed by atoms with Crippen molar-refractivity contribution in [3.63, 3.8) is 0 Å². The minimum atomic E-state index is -1.93. The molecule has 0 aromatic carbocycles. The fourth-order valence-electron chi connectivity index (χ4n) is 1.38. The molecule has 0 unspecified atom stereocenters. The second-order valence-electron chi connectivity index (χ2n) is 3.93. The summed E-state index contributed by atoms with van der Waals surface area (Å²) in [6, 6.07) is 0.887. The van der Waals surface area contributed by atoms with Crippen LogP contribution in [0.4, 0.5) is 0 Å². The molecule has 0 bridgehead atoms. The molecule has 0 aliphatic rings. The van der Waals surface area contributed by atoms with Crippen molar-refractivity contribution in [2.45, 2.75) is 26.4 Å². The Morgan fingerprint density at radius 1 is 1.00 bits per heavy atom. The fraction of sp³-hybridized carbons (Fsp3) is 1.00. The maximum atomic E-state index is 5.60. The normalized spacial score (nSPS) is 12.4. The van der Waals surface area contributed by atoms with Crippen molar-refractivity contribution in [3.05, 3.63) is 0 Å². The second-order valence-corrected chi connectivity index (χ2v) is 7.52. The first-order valence-electron chi connectivity index (χ1n) is 6.02. The van der Waals surface area contributed by atoms with Crippen LogP contribution in [0.1, 0.15) is 13.8 Å². The molecule has 0 atom stereocenters. The molecule has 0 rings (SSSR count). The van der Waals surface area contributed by atoms with Gasteiger partial charge in [0.15, 0.2) is 0 Å². The van der Waals surface area contributed by atoms with Crippen molar-refractivity contribution in [2.24, 2.45) is 0 Å². The zero-order chi connectivity index (χ0) is 12.4. The van der Waals surface area contributed by atoms with Crippen molar-refractivity contribution in [1.29, 1.82) is 0 Å². The van der Waals surface area contributed by atoms with Crippen molar-refractivity contribution >= 4 is 8.56 Å². The third-order valence-electron chi connectivity index (χ3n) is 3.01. The number of rotatable bonds is 10. The summed E-state index contributed by atoms with van der Waals surface area (Å²) in [5.41, 5.74) is 0. The Hall–Kier alpha value is 0.0569. The van der Waals surface area contributed by atoms with Crippen molar-refractivity contribution < 1.29 is 13.6 Å². The summed E-state index contributed by atoms with van der Waals surface area (Å²) in [5, 5.41) is 0. The summed E-state index contributed by atoms with van der Waals surface area (Å²) in [5.74, 6) is 0. The van der Waals surface area contributed by atoms with E-state index >= 15 is 0 Å². The quantitative estimate of drug-likeness (QED) is 0.436. The average Bonchev–Trinajstić information content (AvgIpc) is 2.33. The monoisotopic (exact) mass is 249 g/mol. The van der Waals surface area contributed by atoms with Crippen LogP contribution in [0.25, 0.3) is 0 Å². The molecule has 0 fully saturated rings. The van der Waals surface area contributed by atoms with E-state index in [1.54, 1.807) is 14.2 Å². The number of nitrogens with zero attached hydrogens (tertiary/aromatic N) is 1. The third kappa shape index (κ3) is 6.60. The first kappa shape index (κ1) is 16.1. The van der Waals surface area contributed by atoms with Crippen LogP contribution in [0.3, 0.4) is 0 Å². The lowest BCUT2D eigenvalue weighted by Gasteiger charge is -2.23. The van der Waals surface area contributed by atoms with E-state index in [0.29, 0.717) is 0 Å². The molecule has 0 saturated carbocycles. The van der Waals surface area contributed by atoms with Crippen LogP contribution in [0, 0.1) is 0 Å². The maximum Gasteiger partial charge on any atom is 0.336 e. The fourth-order valence-corrected chi connectivity index (χ4v) is 2.47. The molecule has 0 aliphatic heterocycles. The van der Waals surface area contributed by atoms with Gasteiger partial charge in [0.25, 0.3) is 0 Å². The van der Waals surface area contributed by atoms with Crippen LogP contribution in [-0.4, -0.2) is 60.5 Å². The summed E-state index contributed by atoms with van der Waals surface area (Å²) in [4.78, 5) is 2.35. The van der Waals surface area contributed by atoms with E-state index in [-0.39, 0.29) is 0 Å². The van der Waals surface area contributed by atoms with Crippen molar-refractivity contribution in [3.8, 4) is 0 Å². The zero-order valence-corrected chi connectivity index (χ0v) is 12.4. The van der Waals surface area contributed by atoms with E-state index in [4.69, 9.17) is 13.6 Å². The van der Waals surface area contributed by atoms with Crippen LogP contribution in [0.15, 0.2) is 0 Å². The summed E-state index contributed by atoms with van der Waals surface area (Å²) in [7, 11) is 1.50. The van der Waals surface area contributed by atoms with Gasteiger partial charge < -0.3 is 18.5 Å². The Balaban J connectivity index is 3.52. The molecule has 0 radical (unpaired) electrons. The maximum absolute atomic E-state index is 5.60. The van der Waals surface area contributed by atoms with Crippen LogP contribution in [-0.2, 0) is 13.6 Å². The van der Waals surface area contributed by atoms with Crippen LogP contribution in [0.2, 0.25) is 12.6 Å². The third-order valence-corrected chi connectivity index (χ3v) is 5.85. The lowest BCUT2D eigenvalue weighted by atomic mass is 10.5. The Morgan fingerprint density at radius 3 is 2.00 bits per heavy atom. The van der Waals surface area contributed by atoms with Gasteiger partial charge in [-0.25, -0.2) is 0 Å². The SMILES string of the molecule is CCN(CC)CCOCC[Si](C)(OC)OC. The van der Waals surface area contributed by atoms with Gasteiger partial charge >= 0.3 is 8.56 Å². The highest BCUT2D eigenvalue weighted by atomic mass is 28.4. The second kappa shape index (κ2) is 9.12. The van der Waals surface area contributed by atoms with Gasteiger partial charge in [0.1, 0.15) is 0 Å². The molecular formula is C11H27NO3Si. The Kier molecular flexibility index (Phi) is 9.16. The lowest BCUT2D eigenvalue weighted by Crippen LogP contribution is -2.37. The number of ether oxygens (including phenoxy) is 1. The lowest BCUT2D eigenvalue weighted by molar-refractivity contribution is 0.110. The Labute approximate surface area is 101 Å². The van der Waals surface area contributed by atoms with Gasteiger partial charge in [-0.15, -0.1) is 0 Å². The largest absolute Gasteiger partial charge is 0.398 e. The predicted octanol–water partition coefficient (Wildman–Crippen LogP) is 1.71. The summed E-state index contributed by atoms with van der Waals surface area (Å²) in [6.45, 7) is 11.1. The molecule has 0 saturated heterocycles. The molecule has 0 aliphatic carbocycles. The zero-order valence-electron chi connectivity index (χ0n) is 11.4. The van der Waals surface area contributed by atoms with Gasteiger partial charge in [-0.1, -0.05) is 13.8 Å². The van der Waals surface area contributed by atoms with E-state index in [9.17, 15) is 0 Å². The van der Waals surface area contributed by atoms with Crippen LogP contribution >= 0.6 is 0 Å². The van der Waals surface area contributed by atoms with Gasteiger partial charge in [-0.3, -0.25) is 0 Å². The number of likely N-dealkylation sites (N-methyl/N-ethyl adjacent to an activating group) is 1. The van der Waals surface area contributed by atoms with E-state index < -0.39 is 8.56 Å². The van der Waals surface area contributed by atoms with Crippen molar-refractivity contribution in [2.75, 3.05) is 47.1 Å². The molecule has 16 heavy (non-hydrogen) atoms. The standard InChI is InChI=1S/C11H27NO3Si/c1-6-12(7-2)8-9-15-10-11-16(5,13-3)14-4/h6-11H2,1-5H3. The van der Waals surface area contributed by atoms with Crippen LogP contribution in [0.5, 0.6) is 0 Å². The van der Waals surface area contributed by atoms with E-state index in [1.807, 2.05) is 0 Å². The van der Waals surface area contributed by atoms with Crippen LogP contribution < -0.4 is 0 Å². The molecular weight excluding hydrogens is 222 g/mol. The molecule has 0 aromatic rings. The topological polar surface area (TPSA) is 30.9 Å². The molecule has 0 amide bonds. The first-order chi connectivity index (χ1) is 7.61. The Bertz CT molecular complexity index is 161.